The molecular weight excluding hydrogens is 126 g/mol. The largest absolute Gasteiger partial charge is 0.322 e. The van der Waals surface area contributed by atoms with Gasteiger partial charge in [0.2, 0.25) is 0 Å². The van der Waals surface area contributed by atoms with E-state index in [4.69, 9.17) is 5.73 Å². The van der Waals surface area contributed by atoms with Crippen molar-refractivity contribution in [1.82, 2.24) is 0 Å². The van der Waals surface area contributed by atoms with E-state index < -0.39 is 0 Å². The van der Waals surface area contributed by atoms with Gasteiger partial charge in [-0.05, 0) is 13.3 Å². The Hall–Kier alpha value is -0.370. The van der Waals surface area contributed by atoms with Crippen molar-refractivity contribution >= 4 is 5.78 Å². The SMILES string of the molecule is CCCCCC(N)C(C)=O. The Morgan fingerprint density at radius 1 is 1.50 bits per heavy atom. The molecule has 60 valence electrons. The number of ketones is 1. The van der Waals surface area contributed by atoms with Gasteiger partial charge >= 0.3 is 0 Å². The van der Waals surface area contributed by atoms with E-state index in [0.29, 0.717) is 0 Å². The van der Waals surface area contributed by atoms with Gasteiger partial charge in [-0.1, -0.05) is 26.2 Å². The highest BCUT2D eigenvalue weighted by Crippen LogP contribution is 2.01. The molecule has 0 aromatic rings. The first kappa shape index (κ1) is 9.63. The summed E-state index contributed by atoms with van der Waals surface area (Å²) in [5.41, 5.74) is 5.51. The summed E-state index contributed by atoms with van der Waals surface area (Å²) < 4.78 is 0. The number of hydrogen-bond donors (Lipinski definition) is 1. The summed E-state index contributed by atoms with van der Waals surface area (Å²) in [7, 11) is 0. The molecule has 0 rings (SSSR count). The van der Waals surface area contributed by atoms with Crippen LogP contribution >= 0.6 is 0 Å². The molecule has 2 nitrogen and oxygen atoms in total. The van der Waals surface area contributed by atoms with Gasteiger partial charge in [0.05, 0.1) is 6.04 Å². The number of carbonyl (C=O) groups excluding carboxylic acids is 1. The van der Waals surface area contributed by atoms with Gasteiger partial charge in [-0.3, -0.25) is 4.79 Å². The van der Waals surface area contributed by atoms with Crippen LogP contribution in [0.5, 0.6) is 0 Å². The van der Waals surface area contributed by atoms with E-state index in [1.165, 1.54) is 12.8 Å². The lowest BCUT2D eigenvalue weighted by molar-refractivity contribution is -0.118. The molecule has 0 saturated heterocycles. The molecule has 0 fully saturated rings. The molecule has 0 aromatic carbocycles. The average molecular weight is 143 g/mol. The fourth-order valence-corrected chi connectivity index (χ4v) is 0.818. The van der Waals surface area contributed by atoms with Crippen molar-refractivity contribution in [2.45, 2.75) is 45.6 Å². The van der Waals surface area contributed by atoms with E-state index in [-0.39, 0.29) is 11.8 Å². The number of Topliss-reactive ketones (excluding diaryl/α,β-unsaturated/α-hetero) is 1. The van der Waals surface area contributed by atoms with Crippen LogP contribution in [0.4, 0.5) is 0 Å². The van der Waals surface area contributed by atoms with Crippen LogP contribution in [0, 0.1) is 0 Å². The molecule has 0 bridgehead atoms. The molecule has 0 aromatic heterocycles. The molecule has 1 unspecified atom stereocenters. The van der Waals surface area contributed by atoms with Crippen LogP contribution in [0.25, 0.3) is 0 Å². The quantitative estimate of drug-likeness (QED) is 0.592. The van der Waals surface area contributed by atoms with Crippen LogP contribution in [-0.4, -0.2) is 11.8 Å². The average Bonchev–Trinajstić information content (AvgIpc) is 1.88. The van der Waals surface area contributed by atoms with Gasteiger partial charge in [-0.2, -0.15) is 0 Å². The van der Waals surface area contributed by atoms with Gasteiger partial charge in [-0.15, -0.1) is 0 Å². The third-order valence-corrected chi connectivity index (χ3v) is 1.64. The third kappa shape index (κ3) is 4.50. The lowest BCUT2D eigenvalue weighted by atomic mass is 10.1. The summed E-state index contributed by atoms with van der Waals surface area (Å²) in [5.74, 6) is 0.108. The normalized spacial score (nSPS) is 13.1. The van der Waals surface area contributed by atoms with Crippen molar-refractivity contribution in [2.24, 2.45) is 5.73 Å². The second-order valence-electron chi connectivity index (χ2n) is 2.71. The number of carbonyl (C=O) groups is 1. The maximum Gasteiger partial charge on any atom is 0.146 e. The highest BCUT2D eigenvalue weighted by atomic mass is 16.1. The van der Waals surface area contributed by atoms with E-state index in [9.17, 15) is 4.79 Å². The van der Waals surface area contributed by atoms with Crippen LogP contribution in [0.1, 0.15) is 39.5 Å². The van der Waals surface area contributed by atoms with Crippen LogP contribution in [0.15, 0.2) is 0 Å². The molecule has 0 aliphatic carbocycles. The highest BCUT2D eigenvalue weighted by Gasteiger charge is 2.05. The Balaban J connectivity index is 3.21. The second-order valence-corrected chi connectivity index (χ2v) is 2.71. The molecule has 0 amide bonds. The molecular formula is C8H17NO. The highest BCUT2D eigenvalue weighted by molar-refractivity contribution is 5.80. The first-order valence-electron chi connectivity index (χ1n) is 3.94. The lowest BCUT2D eigenvalue weighted by Gasteiger charge is -2.05. The Morgan fingerprint density at radius 3 is 2.50 bits per heavy atom. The number of rotatable bonds is 5. The Kier molecular flexibility index (Phi) is 5.22. The molecule has 2 N–H and O–H groups in total. The zero-order valence-corrected chi connectivity index (χ0v) is 6.89. The Labute approximate surface area is 62.8 Å². The van der Waals surface area contributed by atoms with Crippen molar-refractivity contribution in [3.63, 3.8) is 0 Å². The second kappa shape index (κ2) is 5.42. The van der Waals surface area contributed by atoms with Crippen molar-refractivity contribution in [3.8, 4) is 0 Å². The predicted octanol–water partition coefficient (Wildman–Crippen LogP) is 1.48. The van der Waals surface area contributed by atoms with E-state index in [2.05, 4.69) is 6.92 Å². The third-order valence-electron chi connectivity index (χ3n) is 1.64. The summed E-state index contributed by atoms with van der Waals surface area (Å²) in [6.07, 6.45) is 4.30. The van der Waals surface area contributed by atoms with Crippen LogP contribution in [0.2, 0.25) is 0 Å². The Bertz CT molecular complexity index is 101. The summed E-state index contributed by atoms with van der Waals surface area (Å²) in [6.45, 7) is 3.69. The maximum atomic E-state index is 10.6. The van der Waals surface area contributed by atoms with E-state index in [0.717, 1.165) is 12.8 Å². The molecule has 0 saturated carbocycles. The number of unbranched alkanes of at least 4 members (excludes halogenated alkanes) is 2. The summed E-state index contributed by atoms with van der Waals surface area (Å²) in [5, 5.41) is 0. The minimum absolute atomic E-state index is 0.108. The lowest BCUT2D eigenvalue weighted by Crippen LogP contribution is -2.27. The fraction of sp³-hybridized carbons (Fsp3) is 0.875. The summed E-state index contributed by atoms with van der Waals surface area (Å²) in [4.78, 5) is 10.6. The molecule has 10 heavy (non-hydrogen) atoms. The summed E-state index contributed by atoms with van der Waals surface area (Å²) >= 11 is 0. The van der Waals surface area contributed by atoms with Crippen molar-refractivity contribution in [2.75, 3.05) is 0 Å². The summed E-state index contributed by atoms with van der Waals surface area (Å²) in [6, 6.07) is -0.216. The van der Waals surface area contributed by atoms with Crippen LogP contribution < -0.4 is 5.73 Å². The molecule has 2 heteroatoms. The van der Waals surface area contributed by atoms with Crippen molar-refractivity contribution < 1.29 is 4.79 Å². The van der Waals surface area contributed by atoms with Gasteiger partial charge in [0, 0.05) is 0 Å². The first-order valence-corrected chi connectivity index (χ1v) is 3.94. The van der Waals surface area contributed by atoms with E-state index in [1.807, 2.05) is 0 Å². The molecule has 1 atom stereocenters. The fourth-order valence-electron chi connectivity index (χ4n) is 0.818. The zero-order chi connectivity index (χ0) is 7.98. The molecule has 0 spiro atoms. The van der Waals surface area contributed by atoms with Crippen LogP contribution in [0.3, 0.4) is 0 Å². The maximum absolute atomic E-state index is 10.6. The van der Waals surface area contributed by atoms with Gasteiger partial charge in [0.25, 0.3) is 0 Å². The topological polar surface area (TPSA) is 43.1 Å². The smallest absolute Gasteiger partial charge is 0.146 e. The number of hydrogen-bond acceptors (Lipinski definition) is 2. The van der Waals surface area contributed by atoms with Crippen LogP contribution in [-0.2, 0) is 4.79 Å². The van der Waals surface area contributed by atoms with E-state index in [1.54, 1.807) is 6.92 Å². The zero-order valence-electron chi connectivity index (χ0n) is 6.89. The minimum atomic E-state index is -0.216. The van der Waals surface area contributed by atoms with Gasteiger partial charge in [0.15, 0.2) is 0 Å². The molecule has 0 aliphatic heterocycles. The minimum Gasteiger partial charge on any atom is -0.322 e. The predicted molar refractivity (Wildman–Crippen MR) is 42.8 cm³/mol. The first-order chi connectivity index (χ1) is 4.68. The van der Waals surface area contributed by atoms with Gasteiger partial charge in [0.1, 0.15) is 5.78 Å². The van der Waals surface area contributed by atoms with Gasteiger partial charge in [-0.25, -0.2) is 0 Å². The molecule has 0 radical (unpaired) electrons. The molecule has 0 aliphatic rings. The monoisotopic (exact) mass is 143 g/mol. The van der Waals surface area contributed by atoms with Gasteiger partial charge < -0.3 is 5.73 Å². The standard InChI is InChI=1S/C8H17NO/c1-3-4-5-6-8(9)7(2)10/h8H,3-6,9H2,1-2H3. The number of nitrogens with two attached hydrogens (primary N) is 1. The van der Waals surface area contributed by atoms with Crippen molar-refractivity contribution in [3.05, 3.63) is 0 Å². The molecule has 0 heterocycles. The Morgan fingerprint density at radius 2 is 2.10 bits per heavy atom. The van der Waals surface area contributed by atoms with Crippen molar-refractivity contribution in [1.29, 1.82) is 0 Å². The van der Waals surface area contributed by atoms with E-state index >= 15 is 0 Å².